The minimum Gasteiger partial charge on any atom is -0.506 e. The number of aromatic hydroxyl groups is 1. The summed E-state index contributed by atoms with van der Waals surface area (Å²) >= 11 is 8.37. The molecule has 0 aliphatic carbocycles. The third-order valence-corrected chi connectivity index (χ3v) is 11.5. The first-order valence-electron chi connectivity index (χ1n) is 16.4. The van der Waals surface area contributed by atoms with Gasteiger partial charge in [-0.25, -0.2) is 4.79 Å². The molecule has 19 heteroatoms. The summed E-state index contributed by atoms with van der Waals surface area (Å²) in [7, 11) is 1.25. The summed E-state index contributed by atoms with van der Waals surface area (Å²) < 4.78 is 19.0. The number of imide groups is 1. The van der Waals surface area contributed by atoms with Crippen molar-refractivity contribution in [2.45, 2.75) is 63.5 Å². The quantitative estimate of drug-likeness (QED) is 0.133. The van der Waals surface area contributed by atoms with E-state index >= 15 is 0 Å². The highest BCUT2D eigenvalue weighted by Gasteiger charge is 2.34. The van der Waals surface area contributed by atoms with Crippen LogP contribution in [-0.2, 0) is 49.5 Å². The molecule has 2 fully saturated rings. The van der Waals surface area contributed by atoms with Gasteiger partial charge in [-0.1, -0.05) is 0 Å². The fourth-order valence-corrected chi connectivity index (χ4v) is 9.36. The van der Waals surface area contributed by atoms with Crippen molar-refractivity contribution in [1.82, 2.24) is 20.4 Å². The Hall–Kier alpha value is -2.55. The molecule has 5 amide bonds. The van der Waals surface area contributed by atoms with Crippen LogP contribution >= 0.6 is 90.4 Å². The van der Waals surface area contributed by atoms with E-state index in [9.17, 15) is 38.7 Å². The number of carbonyl (C=O) groups excluding carboxylic acids is 7. The summed E-state index contributed by atoms with van der Waals surface area (Å²) in [4.78, 5) is 89.0. The van der Waals surface area contributed by atoms with Crippen molar-refractivity contribution in [3.63, 3.8) is 0 Å². The summed E-state index contributed by atoms with van der Waals surface area (Å²) in [6.45, 7) is 1.34. The molecule has 3 N–H and O–H groups in total. The summed E-state index contributed by atoms with van der Waals surface area (Å²) in [5.41, 5.74) is 0.778. The number of carbonyl (C=O) groups is 7. The maximum Gasteiger partial charge on any atom is 0.328 e. The molecule has 2 aliphatic rings. The van der Waals surface area contributed by atoms with Crippen LogP contribution in [0.5, 0.6) is 17.2 Å². The van der Waals surface area contributed by atoms with E-state index in [1.807, 2.05) is 57.3 Å². The van der Waals surface area contributed by atoms with E-state index in [2.05, 4.69) is 55.8 Å². The zero-order chi connectivity index (χ0) is 38.8. The van der Waals surface area contributed by atoms with E-state index in [1.54, 1.807) is 21.9 Å². The molecule has 286 valence electrons. The van der Waals surface area contributed by atoms with Gasteiger partial charge in [-0.2, -0.15) is 0 Å². The molecule has 2 atom stereocenters. The molecular formula is C34H36I4N4O11. The topological polar surface area (TPSA) is 198 Å². The molecule has 1 unspecified atom stereocenters. The number of hydrogen-bond acceptors (Lipinski definition) is 11. The third kappa shape index (κ3) is 12.7. The molecule has 15 nitrogen and oxygen atoms in total. The van der Waals surface area contributed by atoms with Crippen LogP contribution in [0.15, 0.2) is 24.3 Å². The molecule has 0 radical (unpaired) electrons. The van der Waals surface area contributed by atoms with Crippen LogP contribution in [0.25, 0.3) is 0 Å². The summed E-state index contributed by atoms with van der Waals surface area (Å²) in [6, 6.07) is 6.25. The fourth-order valence-electron chi connectivity index (χ4n) is 5.53. The number of benzene rings is 2. The highest BCUT2D eigenvalue weighted by molar-refractivity contribution is 14.1. The largest absolute Gasteiger partial charge is 0.506 e. The van der Waals surface area contributed by atoms with Gasteiger partial charge in [-0.15, -0.1) is 0 Å². The highest BCUT2D eigenvalue weighted by atomic mass is 127. The first kappa shape index (κ1) is 43.2. The lowest BCUT2D eigenvalue weighted by molar-refractivity contribution is -0.154. The zero-order valence-corrected chi connectivity index (χ0v) is 37.0. The molecule has 2 aromatic carbocycles. The number of phenols is 1. The molecule has 2 aromatic rings. The van der Waals surface area contributed by atoms with Gasteiger partial charge >= 0.3 is 11.9 Å². The van der Waals surface area contributed by atoms with E-state index < -0.39 is 41.8 Å². The van der Waals surface area contributed by atoms with Gasteiger partial charge in [0.1, 0.15) is 17.5 Å². The second kappa shape index (κ2) is 20.4. The summed E-state index contributed by atoms with van der Waals surface area (Å²) in [5, 5.41) is 14.9. The maximum absolute atomic E-state index is 12.9. The van der Waals surface area contributed by atoms with Gasteiger partial charge in [0.15, 0.2) is 11.9 Å². The normalized spacial score (nSPS) is 16.1. The Morgan fingerprint density at radius 2 is 1.40 bits per heavy atom. The van der Waals surface area contributed by atoms with Gasteiger partial charge < -0.3 is 34.4 Å². The molecular weight excluding hydrogens is 1150 g/mol. The zero-order valence-electron chi connectivity index (χ0n) is 28.4. The van der Waals surface area contributed by atoms with Gasteiger partial charge in [0.25, 0.3) is 5.91 Å². The molecule has 2 aliphatic heterocycles. The van der Waals surface area contributed by atoms with Gasteiger partial charge in [0.2, 0.25) is 23.6 Å². The number of ether oxygens (including phenoxy) is 3. The van der Waals surface area contributed by atoms with Crippen molar-refractivity contribution in [2.75, 3.05) is 33.3 Å². The standard InChI is InChI=1S/C34H36I4N4O11/c1-51-34(50)24(14-18-12-22(37)32(23(38)13-18)52-19-15-20(35)31(48)21(36)16-19)39-26(43)4-2-5-28(45)41-8-10-42(11-9-41)29(46)6-3-7-30(47)53-25-17-27(44)40-33(25)49/h12-13,15-16,24-25,48H,2-11,14,17H2,1H3,(H,39,43)(H,40,44,49)/t24-,25?/m0/s1. The van der Waals surface area contributed by atoms with E-state index in [0.717, 1.165) is 12.7 Å². The molecule has 4 rings (SSSR count). The van der Waals surface area contributed by atoms with Gasteiger partial charge in [0, 0.05) is 58.3 Å². The van der Waals surface area contributed by atoms with Gasteiger partial charge in [-0.05, 0) is 133 Å². The second-order valence-electron chi connectivity index (χ2n) is 12.1. The van der Waals surface area contributed by atoms with Crippen molar-refractivity contribution in [3.05, 3.63) is 44.1 Å². The predicted octanol–water partition coefficient (Wildman–Crippen LogP) is 3.77. The average molecular weight is 1180 g/mol. The Morgan fingerprint density at radius 1 is 0.849 bits per heavy atom. The van der Waals surface area contributed by atoms with Crippen LogP contribution in [0.3, 0.4) is 0 Å². The minimum absolute atomic E-state index is 0.0217. The lowest BCUT2D eigenvalue weighted by atomic mass is 10.1. The average Bonchev–Trinajstić information content (AvgIpc) is 3.43. The minimum atomic E-state index is -1.13. The molecule has 2 saturated heterocycles. The van der Waals surface area contributed by atoms with Crippen LogP contribution in [-0.4, -0.2) is 102 Å². The van der Waals surface area contributed by atoms with Crippen molar-refractivity contribution in [3.8, 4) is 17.2 Å². The number of halogens is 4. The Bertz CT molecular complexity index is 1720. The van der Waals surface area contributed by atoms with Crippen molar-refractivity contribution < 1.29 is 52.9 Å². The SMILES string of the molecule is COC(=O)[C@H](Cc1cc(I)c(Oc2cc(I)c(O)c(I)c2)c(I)c1)NC(=O)CCCC(=O)N1CCN(C(=O)CCCC(=O)OC2CC(=O)NC2=O)CC1. The third-order valence-electron chi connectivity index (χ3n) is 8.28. The van der Waals surface area contributed by atoms with Crippen molar-refractivity contribution >= 4 is 132 Å². The first-order chi connectivity index (χ1) is 25.1. The number of hydrogen-bond donors (Lipinski definition) is 3. The Morgan fingerprint density at radius 3 is 1.91 bits per heavy atom. The molecule has 0 bridgehead atoms. The first-order valence-corrected chi connectivity index (χ1v) is 20.8. The van der Waals surface area contributed by atoms with E-state index in [-0.39, 0.29) is 68.9 Å². The number of nitrogens with zero attached hydrogens (tertiary/aromatic N) is 2. The van der Waals surface area contributed by atoms with E-state index in [4.69, 9.17) is 14.2 Å². The number of amides is 5. The van der Waals surface area contributed by atoms with Crippen LogP contribution in [0.1, 0.15) is 50.5 Å². The maximum atomic E-state index is 12.9. The monoisotopic (exact) mass is 1180 g/mol. The molecule has 0 saturated carbocycles. The highest BCUT2D eigenvalue weighted by Crippen LogP contribution is 2.37. The smallest absolute Gasteiger partial charge is 0.328 e. The van der Waals surface area contributed by atoms with Crippen LogP contribution in [0.4, 0.5) is 0 Å². The number of phenolic OH excluding ortho intramolecular Hbond substituents is 1. The van der Waals surface area contributed by atoms with Crippen LogP contribution in [0.2, 0.25) is 0 Å². The van der Waals surface area contributed by atoms with Crippen molar-refractivity contribution in [1.29, 1.82) is 0 Å². The van der Waals surface area contributed by atoms with E-state index in [1.165, 1.54) is 7.11 Å². The number of methoxy groups -OCH3 is 1. The number of nitrogens with one attached hydrogen (secondary N) is 2. The number of rotatable bonds is 15. The van der Waals surface area contributed by atoms with Gasteiger partial charge in [0.05, 0.1) is 27.8 Å². The van der Waals surface area contributed by atoms with Gasteiger partial charge in [-0.3, -0.25) is 34.1 Å². The Labute approximate surface area is 359 Å². The lowest BCUT2D eigenvalue weighted by Gasteiger charge is -2.35. The second-order valence-corrected chi connectivity index (χ2v) is 16.8. The Balaban J connectivity index is 1.18. The summed E-state index contributed by atoms with van der Waals surface area (Å²) in [6.07, 6.45) is -0.501. The molecule has 53 heavy (non-hydrogen) atoms. The molecule has 2 heterocycles. The van der Waals surface area contributed by atoms with Crippen molar-refractivity contribution in [2.24, 2.45) is 0 Å². The van der Waals surface area contributed by atoms with Crippen LogP contribution < -0.4 is 15.4 Å². The number of piperazine rings is 1. The fraction of sp³-hybridized carbons (Fsp3) is 0.441. The van der Waals surface area contributed by atoms with Crippen LogP contribution in [0, 0.1) is 14.3 Å². The predicted molar refractivity (Wildman–Crippen MR) is 222 cm³/mol. The molecule has 0 spiro atoms. The Kier molecular flexibility index (Phi) is 16.6. The van der Waals surface area contributed by atoms with E-state index in [0.29, 0.717) is 44.8 Å². The number of esters is 2. The molecule has 0 aromatic heterocycles. The summed E-state index contributed by atoms with van der Waals surface area (Å²) in [5.74, 6) is -1.72. The lowest BCUT2D eigenvalue weighted by Crippen LogP contribution is -2.50.